The predicted molar refractivity (Wildman–Crippen MR) is 84.7 cm³/mol. The fourth-order valence-electron chi connectivity index (χ4n) is 3.14. The SMILES string of the molecule is CCC(=O)N1CCC[C@@H]1c1cccc(-n2ccnc2CC)n1. The quantitative estimate of drug-likeness (QED) is 0.872. The first-order valence-electron chi connectivity index (χ1n) is 8.03. The molecule has 3 rings (SSSR count). The van der Waals surface area contributed by atoms with Crippen molar-refractivity contribution < 1.29 is 4.79 Å². The summed E-state index contributed by atoms with van der Waals surface area (Å²) in [6.07, 6.45) is 7.20. The van der Waals surface area contributed by atoms with Crippen LogP contribution in [-0.4, -0.2) is 31.9 Å². The van der Waals surface area contributed by atoms with Crippen LogP contribution in [0.25, 0.3) is 5.82 Å². The van der Waals surface area contributed by atoms with Crippen LogP contribution in [0.2, 0.25) is 0 Å². The minimum absolute atomic E-state index is 0.112. The van der Waals surface area contributed by atoms with Gasteiger partial charge in [0.2, 0.25) is 5.91 Å². The summed E-state index contributed by atoms with van der Waals surface area (Å²) < 4.78 is 2.02. The van der Waals surface area contributed by atoms with E-state index in [2.05, 4.69) is 11.9 Å². The molecule has 22 heavy (non-hydrogen) atoms. The van der Waals surface area contributed by atoms with Crippen LogP contribution >= 0.6 is 0 Å². The summed E-state index contributed by atoms with van der Waals surface area (Å²) in [5.74, 6) is 2.09. The smallest absolute Gasteiger partial charge is 0.222 e. The maximum absolute atomic E-state index is 12.1. The molecule has 2 aromatic rings. The maximum Gasteiger partial charge on any atom is 0.222 e. The molecule has 5 heteroatoms. The molecule has 116 valence electrons. The van der Waals surface area contributed by atoms with Gasteiger partial charge >= 0.3 is 0 Å². The van der Waals surface area contributed by atoms with Crippen molar-refractivity contribution in [3.05, 3.63) is 42.1 Å². The zero-order valence-corrected chi connectivity index (χ0v) is 13.2. The second-order valence-corrected chi connectivity index (χ2v) is 5.59. The molecule has 0 radical (unpaired) electrons. The van der Waals surface area contributed by atoms with Crippen LogP contribution in [0.1, 0.15) is 50.7 Å². The normalized spacial score (nSPS) is 17.9. The van der Waals surface area contributed by atoms with E-state index in [0.29, 0.717) is 6.42 Å². The van der Waals surface area contributed by atoms with Gasteiger partial charge in [0, 0.05) is 31.8 Å². The molecule has 0 aromatic carbocycles. The Bertz CT molecular complexity index is 664. The number of hydrogen-bond acceptors (Lipinski definition) is 3. The highest BCUT2D eigenvalue weighted by atomic mass is 16.2. The van der Waals surface area contributed by atoms with E-state index in [1.165, 1.54) is 0 Å². The molecular formula is C17H22N4O. The number of carbonyl (C=O) groups is 1. The summed E-state index contributed by atoms with van der Waals surface area (Å²) in [4.78, 5) is 23.2. The molecule has 1 fully saturated rings. The summed E-state index contributed by atoms with van der Waals surface area (Å²) in [5.41, 5.74) is 0.979. The second kappa shape index (κ2) is 6.30. The fraction of sp³-hybridized carbons (Fsp3) is 0.471. The van der Waals surface area contributed by atoms with Crippen LogP contribution in [0.5, 0.6) is 0 Å². The molecule has 0 saturated carbocycles. The van der Waals surface area contributed by atoms with Crippen LogP contribution in [0.4, 0.5) is 0 Å². The minimum atomic E-state index is 0.112. The molecule has 3 heterocycles. The van der Waals surface area contributed by atoms with Crippen LogP contribution in [0.3, 0.4) is 0 Å². The number of amides is 1. The van der Waals surface area contributed by atoms with Gasteiger partial charge in [-0.3, -0.25) is 9.36 Å². The van der Waals surface area contributed by atoms with Gasteiger partial charge in [-0.15, -0.1) is 0 Å². The fourth-order valence-corrected chi connectivity index (χ4v) is 3.14. The summed E-state index contributed by atoms with van der Waals surface area (Å²) in [6.45, 7) is 4.84. The van der Waals surface area contributed by atoms with Gasteiger partial charge in [-0.2, -0.15) is 0 Å². The third-order valence-electron chi connectivity index (χ3n) is 4.25. The number of aryl methyl sites for hydroxylation is 1. The van der Waals surface area contributed by atoms with Crippen molar-refractivity contribution >= 4 is 5.91 Å². The Labute approximate surface area is 131 Å². The van der Waals surface area contributed by atoms with Crippen molar-refractivity contribution in [1.82, 2.24) is 19.4 Å². The Morgan fingerprint density at radius 3 is 3.00 bits per heavy atom. The number of nitrogens with zero attached hydrogens (tertiary/aromatic N) is 4. The molecule has 1 saturated heterocycles. The molecule has 0 N–H and O–H groups in total. The summed E-state index contributed by atoms with van der Waals surface area (Å²) in [7, 11) is 0. The zero-order valence-electron chi connectivity index (χ0n) is 13.2. The topological polar surface area (TPSA) is 51.0 Å². The van der Waals surface area contributed by atoms with E-state index in [0.717, 1.165) is 43.1 Å². The van der Waals surface area contributed by atoms with E-state index in [4.69, 9.17) is 4.98 Å². The molecule has 0 bridgehead atoms. The predicted octanol–water partition coefficient (Wildman–Crippen LogP) is 2.90. The van der Waals surface area contributed by atoms with Gasteiger partial charge in [0.25, 0.3) is 0 Å². The molecule has 0 unspecified atom stereocenters. The average molecular weight is 298 g/mol. The summed E-state index contributed by atoms with van der Waals surface area (Å²) in [5, 5.41) is 0. The zero-order chi connectivity index (χ0) is 15.5. The Morgan fingerprint density at radius 2 is 2.23 bits per heavy atom. The van der Waals surface area contributed by atoms with Crippen LogP contribution in [0, 0.1) is 0 Å². The van der Waals surface area contributed by atoms with E-state index in [1.54, 1.807) is 6.20 Å². The molecule has 1 amide bonds. The Balaban J connectivity index is 1.93. The highest BCUT2D eigenvalue weighted by molar-refractivity contribution is 5.76. The summed E-state index contributed by atoms with van der Waals surface area (Å²) >= 11 is 0. The van der Waals surface area contributed by atoms with Gasteiger partial charge in [0.05, 0.1) is 11.7 Å². The molecule has 1 aliphatic heterocycles. The highest BCUT2D eigenvalue weighted by Crippen LogP contribution is 2.31. The maximum atomic E-state index is 12.1. The number of carbonyl (C=O) groups excluding carboxylic acids is 1. The number of pyridine rings is 1. The lowest BCUT2D eigenvalue weighted by Crippen LogP contribution is -2.30. The molecule has 5 nitrogen and oxygen atoms in total. The van der Waals surface area contributed by atoms with E-state index in [9.17, 15) is 4.79 Å². The van der Waals surface area contributed by atoms with Crippen molar-refractivity contribution in [2.24, 2.45) is 0 Å². The van der Waals surface area contributed by atoms with Crippen molar-refractivity contribution in [3.63, 3.8) is 0 Å². The van der Waals surface area contributed by atoms with E-state index in [1.807, 2.05) is 40.8 Å². The van der Waals surface area contributed by atoms with Gasteiger partial charge in [-0.05, 0) is 25.0 Å². The second-order valence-electron chi connectivity index (χ2n) is 5.59. The first-order chi connectivity index (χ1) is 10.7. The monoisotopic (exact) mass is 298 g/mol. The van der Waals surface area contributed by atoms with Crippen molar-refractivity contribution in [2.75, 3.05) is 6.54 Å². The largest absolute Gasteiger partial charge is 0.334 e. The Morgan fingerprint density at radius 1 is 1.36 bits per heavy atom. The number of rotatable bonds is 4. The third kappa shape index (κ3) is 2.63. The molecular weight excluding hydrogens is 276 g/mol. The van der Waals surface area contributed by atoms with Gasteiger partial charge in [-0.25, -0.2) is 9.97 Å². The van der Waals surface area contributed by atoms with Gasteiger partial charge in [-0.1, -0.05) is 19.9 Å². The first-order valence-corrected chi connectivity index (χ1v) is 8.03. The number of aromatic nitrogens is 3. The molecule has 0 spiro atoms. The lowest BCUT2D eigenvalue weighted by atomic mass is 10.1. The minimum Gasteiger partial charge on any atom is -0.334 e. The van der Waals surface area contributed by atoms with E-state index in [-0.39, 0.29) is 11.9 Å². The Hall–Kier alpha value is -2.17. The van der Waals surface area contributed by atoms with Gasteiger partial charge in [0.15, 0.2) is 0 Å². The van der Waals surface area contributed by atoms with E-state index >= 15 is 0 Å². The Kier molecular flexibility index (Phi) is 4.22. The van der Waals surface area contributed by atoms with E-state index < -0.39 is 0 Å². The van der Waals surface area contributed by atoms with Crippen LogP contribution < -0.4 is 0 Å². The lowest BCUT2D eigenvalue weighted by molar-refractivity contribution is -0.131. The molecule has 0 aliphatic carbocycles. The highest BCUT2D eigenvalue weighted by Gasteiger charge is 2.30. The average Bonchev–Trinajstić information content (AvgIpc) is 3.22. The number of hydrogen-bond donors (Lipinski definition) is 0. The number of likely N-dealkylation sites (tertiary alicyclic amines) is 1. The molecule has 2 aromatic heterocycles. The van der Waals surface area contributed by atoms with Crippen LogP contribution in [0.15, 0.2) is 30.6 Å². The van der Waals surface area contributed by atoms with Gasteiger partial charge in [0.1, 0.15) is 11.6 Å². The van der Waals surface area contributed by atoms with Crippen molar-refractivity contribution in [1.29, 1.82) is 0 Å². The number of imidazole rings is 1. The van der Waals surface area contributed by atoms with Crippen molar-refractivity contribution in [3.8, 4) is 5.82 Å². The van der Waals surface area contributed by atoms with Gasteiger partial charge < -0.3 is 4.90 Å². The van der Waals surface area contributed by atoms with Crippen molar-refractivity contribution in [2.45, 2.75) is 45.6 Å². The molecule has 1 atom stereocenters. The molecule has 1 aliphatic rings. The first kappa shape index (κ1) is 14.8. The van der Waals surface area contributed by atoms with Crippen LogP contribution in [-0.2, 0) is 11.2 Å². The lowest BCUT2D eigenvalue weighted by Gasteiger charge is -2.24. The standard InChI is InChI=1S/C17H22N4O/c1-3-15-18-10-12-21(15)16-9-5-7-13(19-16)14-8-6-11-20(14)17(22)4-2/h5,7,9-10,12,14H,3-4,6,8,11H2,1-2H3/t14-/m1/s1. The summed E-state index contributed by atoms with van der Waals surface area (Å²) in [6, 6.07) is 6.15. The third-order valence-corrected chi connectivity index (χ3v) is 4.25.